The highest BCUT2D eigenvalue weighted by atomic mass is 32.1. The molecular formula is C15H15NS. The fourth-order valence-electron chi connectivity index (χ4n) is 2.53. The summed E-state index contributed by atoms with van der Waals surface area (Å²) in [5.41, 5.74) is 3.83. The van der Waals surface area contributed by atoms with Crippen molar-refractivity contribution in [3.8, 4) is 0 Å². The van der Waals surface area contributed by atoms with Gasteiger partial charge in [0, 0.05) is 27.7 Å². The van der Waals surface area contributed by atoms with Gasteiger partial charge in [-0.15, -0.1) is 12.6 Å². The highest BCUT2D eigenvalue weighted by Crippen LogP contribution is 2.31. The Morgan fingerprint density at radius 2 is 1.82 bits per heavy atom. The van der Waals surface area contributed by atoms with Crippen molar-refractivity contribution >= 4 is 34.4 Å². The number of para-hydroxylation sites is 1. The van der Waals surface area contributed by atoms with E-state index >= 15 is 0 Å². The van der Waals surface area contributed by atoms with Gasteiger partial charge in [-0.2, -0.15) is 0 Å². The van der Waals surface area contributed by atoms with E-state index in [2.05, 4.69) is 67.4 Å². The molecule has 2 aromatic carbocycles. The number of fused-ring (bicyclic) bond motifs is 3. The first-order valence-corrected chi connectivity index (χ1v) is 6.37. The molecule has 0 aliphatic carbocycles. The molecule has 1 nitrogen and oxygen atoms in total. The minimum atomic E-state index is 0.986. The largest absolute Gasteiger partial charge is 0.341 e. The second-order valence-electron chi connectivity index (χ2n) is 4.42. The molecule has 3 rings (SSSR count). The van der Waals surface area contributed by atoms with Gasteiger partial charge < -0.3 is 4.57 Å². The molecule has 17 heavy (non-hydrogen) atoms. The van der Waals surface area contributed by atoms with Crippen LogP contribution in [-0.4, -0.2) is 4.57 Å². The molecule has 0 saturated heterocycles. The smallest absolute Gasteiger partial charge is 0.0502 e. The molecule has 0 saturated carbocycles. The highest BCUT2D eigenvalue weighted by Gasteiger charge is 2.10. The summed E-state index contributed by atoms with van der Waals surface area (Å²) >= 11 is 4.53. The van der Waals surface area contributed by atoms with Gasteiger partial charge in [0.2, 0.25) is 0 Å². The maximum Gasteiger partial charge on any atom is 0.0502 e. The number of thiol groups is 1. The van der Waals surface area contributed by atoms with Crippen molar-refractivity contribution in [3.63, 3.8) is 0 Å². The van der Waals surface area contributed by atoms with E-state index in [-0.39, 0.29) is 0 Å². The number of benzene rings is 2. The number of hydrogen-bond donors (Lipinski definition) is 1. The maximum atomic E-state index is 4.53. The van der Waals surface area contributed by atoms with E-state index in [1.807, 2.05) is 0 Å². The van der Waals surface area contributed by atoms with Crippen LogP contribution in [0.3, 0.4) is 0 Å². The van der Waals surface area contributed by atoms with Crippen molar-refractivity contribution in [2.45, 2.75) is 25.3 Å². The molecule has 0 N–H and O–H groups in total. The third-order valence-electron chi connectivity index (χ3n) is 3.41. The summed E-state index contributed by atoms with van der Waals surface area (Å²) < 4.78 is 2.35. The molecule has 2 heteroatoms. The fraction of sp³-hybridized carbons (Fsp3) is 0.200. The molecule has 0 aliphatic rings. The number of hydrogen-bond acceptors (Lipinski definition) is 1. The van der Waals surface area contributed by atoms with Gasteiger partial charge in [0.05, 0.1) is 5.52 Å². The number of aromatic nitrogens is 1. The summed E-state index contributed by atoms with van der Waals surface area (Å²) in [5, 5.41) is 2.67. The van der Waals surface area contributed by atoms with Crippen LogP contribution in [0, 0.1) is 6.92 Å². The van der Waals surface area contributed by atoms with Crippen LogP contribution in [0.4, 0.5) is 0 Å². The summed E-state index contributed by atoms with van der Waals surface area (Å²) in [6.07, 6.45) is 0. The molecule has 0 spiro atoms. The van der Waals surface area contributed by atoms with Gasteiger partial charge in [-0.1, -0.05) is 18.2 Å². The molecule has 0 fully saturated rings. The number of nitrogens with zero attached hydrogens (tertiary/aromatic N) is 1. The van der Waals surface area contributed by atoms with Gasteiger partial charge in [0.15, 0.2) is 0 Å². The van der Waals surface area contributed by atoms with Gasteiger partial charge in [-0.05, 0) is 37.6 Å². The number of rotatable bonds is 1. The molecule has 0 bridgehead atoms. The molecule has 0 atom stereocenters. The maximum absolute atomic E-state index is 4.53. The third-order valence-corrected chi connectivity index (χ3v) is 3.89. The zero-order valence-corrected chi connectivity index (χ0v) is 11.0. The van der Waals surface area contributed by atoms with E-state index in [4.69, 9.17) is 0 Å². The Morgan fingerprint density at radius 1 is 1.06 bits per heavy atom. The quantitative estimate of drug-likeness (QED) is 0.602. The monoisotopic (exact) mass is 241 g/mol. The van der Waals surface area contributed by atoms with Gasteiger partial charge in [-0.25, -0.2) is 0 Å². The summed E-state index contributed by atoms with van der Waals surface area (Å²) in [4.78, 5) is 1.06. The molecule has 86 valence electrons. The molecular weight excluding hydrogens is 226 g/mol. The van der Waals surface area contributed by atoms with E-state index in [0.29, 0.717) is 0 Å². The Kier molecular flexibility index (Phi) is 2.40. The standard InChI is InChI=1S/C15H15NS/c1-3-16-13-7-5-4-6-11(13)12-8-10(2)15(17)9-14(12)16/h4-9,17H,3H2,1-2H3. The van der Waals surface area contributed by atoms with Gasteiger partial charge in [0.25, 0.3) is 0 Å². The lowest BCUT2D eigenvalue weighted by atomic mass is 10.1. The first kappa shape index (κ1) is 10.7. The summed E-state index contributed by atoms with van der Waals surface area (Å²) in [5.74, 6) is 0. The lowest BCUT2D eigenvalue weighted by Gasteiger charge is -2.04. The molecule has 3 aromatic rings. The van der Waals surface area contributed by atoms with Crippen LogP contribution in [0.1, 0.15) is 12.5 Å². The minimum absolute atomic E-state index is 0.986. The lowest BCUT2D eigenvalue weighted by Crippen LogP contribution is -1.92. The summed E-state index contributed by atoms with van der Waals surface area (Å²) in [6.45, 7) is 5.28. The van der Waals surface area contributed by atoms with Crippen LogP contribution in [0.25, 0.3) is 21.8 Å². The topological polar surface area (TPSA) is 4.93 Å². The van der Waals surface area contributed by atoms with Crippen LogP contribution < -0.4 is 0 Å². The molecule has 1 aromatic heterocycles. The van der Waals surface area contributed by atoms with Gasteiger partial charge in [0.1, 0.15) is 0 Å². The Morgan fingerprint density at radius 3 is 2.59 bits per heavy atom. The van der Waals surface area contributed by atoms with Crippen LogP contribution in [-0.2, 0) is 6.54 Å². The van der Waals surface area contributed by atoms with Gasteiger partial charge in [-0.3, -0.25) is 0 Å². The van der Waals surface area contributed by atoms with Crippen molar-refractivity contribution < 1.29 is 0 Å². The summed E-state index contributed by atoms with van der Waals surface area (Å²) in [7, 11) is 0. The van der Waals surface area contributed by atoms with Crippen LogP contribution >= 0.6 is 12.6 Å². The van der Waals surface area contributed by atoms with Gasteiger partial charge >= 0.3 is 0 Å². The first-order chi connectivity index (χ1) is 8.22. The SMILES string of the molecule is CCn1c2ccccc2c2cc(C)c(S)cc21. The Labute approximate surface area is 106 Å². The fourth-order valence-corrected chi connectivity index (χ4v) is 2.72. The Bertz CT molecular complexity index is 710. The molecule has 0 aliphatic heterocycles. The Balaban J connectivity index is 2.58. The molecule has 0 unspecified atom stereocenters. The zero-order valence-electron chi connectivity index (χ0n) is 10.1. The molecule has 0 amide bonds. The highest BCUT2D eigenvalue weighted by molar-refractivity contribution is 7.80. The van der Waals surface area contributed by atoms with E-state index in [1.165, 1.54) is 27.4 Å². The second kappa shape index (κ2) is 3.81. The van der Waals surface area contributed by atoms with Crippen molar-refractivity contribution in [2.75, 3.05) is 0 Å². The summed E-state index contributed by atoms with van der Waals surface area (Å²) in [6, 6.07) is 13.0. The van der Waals surface area contributed by atoms with E-state index in [1.54, 1.807) is 0 Å². The van der Waals surface area contributed by atoms with E-state index < -0.39 is 0 Å². The lowest BCUT2D eigenvalue weighted by molar-refractivity contribution is 0.826. The van der Waals surface area contributed by atoms with E-state index in [9.17, 15) is 0 Å². The van der Waals surface area contributed by atoms with Crippen molar-refractivity contribution in [1.29, 1.82) is 0 Å². The molecule has 1 heterocycles. The van der Waals surface area contributed by atoms with Crippen molar-refractivity contribution in [1.82, 2.24) is 4.57 Å². The Hall–Kier alpha value is -1.41. The average molecular weight is 241 g/mol. The van der Waals surface area contributed by atoms with Crippen LogP contribution in [0.5, 0.6) is 0 Å². The average Bonchev–Trinajstić information content (AvgIpc) is 2.63. The first-order valence-electron chi connectivity index (χ1n) is 5.93. The normalized spacial score (nSPS) is 11.5. The second-order valence-corrected chi connectivity index (χ2v) is 4.90. The van der Waals surface area contributed by atoms with Crippen LogP contribution in [0.15, 0.2) is 41.3 Å². The predicted molar refractivity (Wildman–Crippen MR) is 77.1 cm³/mol. The van der Waals surface area contributed by atoms with E-state index in [0.717, 1.165) is 11.4 Å². The van der Waals surface area contributed by atoms with Crippen LogP contribution in [0.2, 0.25) is 0 Å². The zero-order chi connectivity index (χ0) is 12.0. The van der Waals surface area contributed by atoms with Crippen molar-refractivity contribution in [3.05, 3.63) is 42.0 Å². The molecule has 0 radical (unpaired) electrons. The minimum Gasteiger partial charge on any atom is -0.341 e. The predicted octanol–water partition coefficient (Wildman–Crippen LogP) is 4.41. The number of aryl methyl sites for hydroxylation is 2. The third kappa shape index (κ3) is 1.48. The van der Waals surface area contributed by atoms with Crippen molar-refractivity contribution in [2.24, 2.45) is 0 Å².